The first-order valence-corrected chi connectivity index (χ1v) is 10.2. The van der Waals surface area contributed by atoms with Crippen LogP contribution in [0.4, 0.5) is 5.69 Å². The van der Waals surface area contributed by atoms with Crippen LogP contribution in [0.25, 0.3) is 0 Å². The number of nitrogens with one attached hydrogen (secondary N) is 1. The maximum Gasteiger partial charge on any atom is 0.282 e. The van der Waals surface area contributed by atoms with Gasteiger partial charge in [0.15, 0.2) is 0 Å². The van der Waals surface area contributed by atoms with Crippen LogP contribution in [-0.4, -0.2) is 62.7 Å². The van der Waals surface area contributed by atoms with Crippen molar-refractivity contribution in [3.05, 3.63) is 39.9 Å². The summed E-state index contributed by atoms with van der Waals surface area (Å²) in [6.45, 7) is 2.41. The van der Waals surface area contributed by atoms with Crippen molar-refractivity contribution in [3.8, 4) is 0 Å². The largest absolute Gasteiger partial charge is 0.349 e. The second-order valence-corrected chi connectivity index (χ2v) is 7.89. The number of amides is 1. The molecule has 1 amide bonds. The van der Waals surface area contributed by atoms with Crippen LogP contribution in [-0.2, 0) is 14.3 Å². The Bertz CT molecular complexity index is 744. The molecule has 0 aromatic heterocycles. The zero-order chi connectivity index (χ0) is 19.2. The van der Waals surface area contributed by atoms with E-state index in [-0.39, 0.29) is 23.9 Å². The normalized spacial score (nSPS) is 16.3. The van der Waals surface area contributed by atoms with E-state index in [1.54, 1.807) is 6.07 Å². The van der Waals surface area contributed by atoms with E-state index in [1.807, 2.05) is 0 Å². The van der Waals surface area contributed by atoms with Crippen molar-refractivity contribution < 1.29 is 22.3 Å². The van der Waals surface area contributed by atoms with Crippen LogP contribution in [0.1, 0.15) is 29.6 Å². The Morgan fingerprint density at radius 2 is 2.00 bits per heavy atom. The monoisotopic (exact) mass is 385 g/mol. The highest BCUT2D eigenvalue weighted by Gasteiger charge is 2.24. The third-order valence-electron chi connectivity index (χ3n) is 4.18. The van der Waals surface area contributed by atoms with Gasteiger partial charge in [0.2, 0.25) is 0 Å². The summed E-state index contributed by atoms with van der Waals surface area (Å²) in [5.41, 5.74) is -0.133. The maximum atomic E-state index is 12.3. The van der Waals surface area contributed by atoms with Gasteiger partial charge in [0.1, 0.15) is 5.56 Å². The lowest BCUT2D eigenvalue weighted by atomic mass is 10.0. The predicted molar refractivity (Wildman–Crippen MR) is 95.4 cm³/mol. The van der Waals surface area contributed by atoms with E-state index in [4.69, 9.17) is 4.18 Å². The molecule has 0 spiro atoms. The van der Waals surface area contributed by atoms with Crippen LogP contribution in [0.15, 0.2) is 24.3 Å². The van der Waals surface area contributed by atoms with Gasteiger partial charge < -0.3 is 10.2 Å². The molecule has 0 unspecified atom stereocenters. The first-order chi connectivity index (χ1) is 12.3. The molecule has 1 fully saturated rings. The number of carbonyl (C=O) groups excluding carboxylic acids is 1. The molecule has 0 saturated carbocycles. The van der Waals surface area contributed by atoms with E-state index < -0.39 is 20.9 Å². The number of nitro groups is 1. The first-order valence-electron chi connectivity index (χ1n) is 8.37. The van der Waals surface area contributed by atoms with E-state index in [0.29, 0.717) is 6.42 Å². The molecule has 0 atom stereocenters. The van der Waals surface area contributed by atoms with E-state index in [0.717, 1.165) is 38.7 Å². The van der Waals surface area contributed by atoms with Gasteiger partial charge in [-0.05, 0) is 25.3 Å². The highest BCUT2D eigenvalue weighted by Crippen LogP contribution is 2.18. The number of likely N-dealkylation sites (tertiary alicyclic amines) is 1. The molecule has 1 aromatic carbocycles. The van der Waals surface area contributed by atoms with Gasteiger partial charge >= 0.3 is 0 Å². The van der Waals surface area contributed by atoms with Crippen LogP contribution < -0.4 is 5.32 Å². The van der Waals surface area contributed by atoms with Gasteiger partial charge in [0.05, 0.1) is 17.8 Å². The molecule has 1 aromatic rings. The molecule has 1 aliphatic heterocycles. The predicted octanol–water partition coefficient (Wildman–Crippen LogP) is 1.16. The van der Waals surface area contributed by atoms with Gasteiger partial charge in [0, 0.05) is 31.7 Å². The lowest BCUT2D eigenvalue weighted by molar-refractivity contribution is -0.385. The standard InChI is InChI=1S/C16H23N3O6S/c1-26(23,24)25-12-4-9-18-10-7-13(8-11-18)17-16(20)14-5-2-3-6-15(14)19(21)22/h2-3,5-6,13H,4,7-12H2,1H3,(H,17,20). The zero-order valence-corrected chi connectivity index (χ0v) is 15.4. The van der Waals surface area contributed by atoms with Gasteiger partial charge in [-0.25, -0.2) is 0 Å². The molecule has 0 radical (unpaired) electrons. The zero-order valence-electron chi connectivity index (χ0n) is 14.6. The topological polar surface area (TPSA) is 119 Å². The first kappa shape index (κ1) is 20.3. The minimum atomic E-state index is -3.40. The Balaban J connectivity index is 1.77. The quantitative estimate of drug-likeness (QED) is 0.309. The molecule has 26 heavy (non-hydrogen) atoms. The third kappa shape index (κ3) is 6.36. The SMILES string of the molecule is CS(=O)(=O)OCCCN1CCC(NC(=O)c2ccccc2[N+](=O)[O-])CC1. The molecule has 2 rings (SSSR count). The summed E-state index contributed by atoms with van der Waals surface area (Å²) < 4.78 is 26.5. The van der Waals surface area contributed by atoms with Crippen molar-refractivity contribution in [3.63, 3.8) is 0 Å². The number of hydrogen-bond donors (Lipinski definition) is 1. The van der Waals surface area contributed by atoms with Crippen molar-refractivity contribution in [1.29, 1.82) is 0 Å². The molecule has 0 bridgehead atoms. The van der Waals surface area contributed by atoms with Crippen molar-refractivity contribution in [2.45, 2.75) is 25.3 Å². The molecule has 1 aliphatic rings. The number of rotatable bonds is 8. The summed E-state index contributed by atoms with van der Waals surface area (Å²) in [7, 11) is -3.40. The lowest BCUT2D eigenvalue weighted by Gasteiger charge is -2.32. The van der Waals surface area contributed by atoms with E-state index in [2.05, 4.69) is 10.2 Å². The Morgan fingerprint density at radius 3 is 2.62 bits per heavy atom. The van der Waals surface area contributed by atoms with Crippen molar-refractivity contribution in [2.75, 3.05) is 32.5 Å². The van der Waals surface area contributed by atoms with E-state index in [9.17, 15) is 23.3 Å². The fourth-order valence-electron chi connectivity index (χ4n) is 2.89. The number of carbonyl (C=O) groups is 1. The Morgan fingerprint density at radius 1 is 1.35 bits per heavy atom. The average molecular weight is 385 g/mol. The second-order valence-electron chi connectivity index (χ2n) is 6.24. The maximum absolute atomic E-state index is 12.3. The number of piperidine rings is 1. The van der Waals surface area contributed by atoms with Crippen LogP contribution >= 0.6 is 0 Å². The highest BCUT2D eigenvalue weighted by molar-refractivity contribution is 7.85. The molecule has 1 N–H and O–H groups in total. The van der Waals surface area contributed by atoms with Crippen molar-refractivity contribution in [1.82, 2.24) is 10.2 Å². The number of benzene rings is 1. The summed E-state index contributed by atoms with van der Waals surface area (Å²) in [5.74, 6) is -0.433. The van der Waals surface area contributed by atoms with Crippen LogP contribution in [0.5, 0.6) is 0 Å². The molecule has 0 aliphatic carbocycles. The fraction of sp³-hybridized carbons (Fsp3) is 0.562. The molecule has 9 nitrogen and oxygen atoms in total. The smallest absolute Gasteiger partial charge is 0.282 e. The minimum absolute atomic E-state index is 0.0363. The number of para-hydroxylation sites is 1. The van der Waals surface area contributed by atoms with E-state index >= 15 is 0 Å². The summed E-state index contributed by atoms with van der Waals surface area (Å²) in [6.07, 6.45) is 3.11. The van der Waals surface area contributed by atoms with E-state index in [1.165, 1.54) is 18.2 Å². The Labute approximate surface area is 152 Å². The summed E-state index contributed by atoms with van der Waals surface area (Å²) in [5, 5.41) is 13.9. The second kappa shape index (κ2) is 9.06. The fourth-order valence-corrected chi connectivity index (χ4v) is 3.31. The molecule has 10 heteroatoms. The van der Waals surface area contributed by atoms with Crippen LogP contribution in [0.3, 0.4) is 0 Å². The van der Waals surface area contributed by atoms with Crippen molar-refractivity contribution >= 4 is 21.7 Å². The third-order valence-corrected chi connectivity index (χ3v) is 4.78. The minimum Gasteiger partial charge on any atom is -0.349 e. The summed E-state index contributed by atoms with van der Waals surface area (Å²) in [6, 6.07) is 5.86. The molecular weight excluding hydrogens is 362 g/mol. The van der Waals surface area contributed by atoms with Crippen LogP contribution in [0, 0.1) is 10.1 Å². The summed E-state index contributed by atoms with van der Waals surface area (Å²) >= 11 is 0. The van der Waals surface area contributed by atoms with Gasteiger partial charge in [-0.15, -0.1) is 0 Å². The summed E-state index contributed by atoms with van der Waals surface area (Å²) in [4.78, 5) is 25.0. The highest BCUT2D eigenvalue weighted by atomic mass is 32.2. The van der Waals surface area contributed by atoms with Gasteiger partial charge in [-0.2, -0.15) is 8.42 Å². The lowest BCUT2D eigenvalue weighted by Crippen LogP contribution is -2.45. The van der Waals surface area contributed by atoms with Crippen LogP contribution in [0.2, 0.25) is 0 Å². The van der Waals surface area contributed by atoms with Gasteiger partial charge in [0.25, 0.3) is 21.7 Å². The number of nitrogens with zero attached hydrogens (tertiary/aromatic N) is 2. The average Bonchev–Trinajstić information content (AvgIpc) is 2.59. The number of nitro benzene ring substituents is 1. The Hall–Kier alpha value is -2.04. The molecule has 1 saturated heterocycles. The molecular formula is C16H23N3O6S. The van der Waals surface area contributed by atoms with Crippen molar-refractivity contribution in [2.24, 2.45) is 0 Å². The van der Waals surface area contributed by atoms with Gasteiger partial charge in [-0.3, -0.25) is 19.1 Å². The Kier molecular flexibility index (Phi) is 7.06. The molecule has 144 valence electrons. The van der Waals surface area contributed by atoms with Gasteiger partial charge in [-0.1, -0.05) is 12.1 Å². The number of hydrogen-bond acceptors (Lipinski definition) is 7. The molecule has 1 heterocycles.